The van der Waals surface area contributed by atoms with Crippen molar-refractivity contribution in [3.8, 4) is 0 Å². The Morgan fingerprint density at radius 1 is 1.38 bits per heavy atom. The SMILES string of the molecule is Cc1ccc(S(=O)(=O)O[C@@H]2C[C@@H](CO)N(C(=O)O)C2)cc1. The smallest absolute Gasteiger partial charge is 0.407 e. The zero-order valence-electron chi connectivity index (χ0n) is 11.5. The Morgan fingerprint density at radius 2 is 2.00 bits per heavy atom. The van der Waals surface area contributed by atoms with Gasteiger partial charge in [0.25, 0.3) is 10.1 Å². The summed E-state index contributed by atoms with van der Waals surface area (Å²) < 4.78 is 29.3. The molecule has 0 unspecified atom stereocenters. The quantitative estimate of drug-likeness (QED) is 0.797. The zero-order chi connectivity index (χ0) is 15.6. The average Bonchev–Trinajstić information content (AvgIpc) is 2.81. The monoisotopic (exact) mass is 315 g/mol. The largest absolute Gasteiger partial charge is 0.465 e. The van der Waals surface area contributed by atoms with E-state index in [1.807, 2.05) is 6.92 Å². The maximum Gasteiger partial charge on any atom is 0.407 e. The fourth-order valence-corrected chi connectivity index (χ4v) is 3.37. The van der Waals surface area contributed by atoms with Crippen LogP contribution in [0.25, 0.3) is 0 Å². The van der Waals surface area contributed by atoms with Crippen LogP contribution in [0.15, 0.2) is 29.2 Å². The van der Waals surface area contributed by atoms with Crippen LogP contribution in [0.2, 0.25) is 0 Å². The van der Waals surface area contributed by atoms with E-state index in [-0.39, 0.29) is 24.5 Å². The molecule has 2 rings (SSSR count). The molecule has 1 aliphatic heterocycles. The highest BCUT2D eigenvalue weighted by Crippen LogP contribution is 2.24. The summed E-state index contributed by atoms with van der Waals surface area (Å²) in [5.74, 6) is 0. The van der Waals surface area contributed by atoms with Crippen LogP contribution in [0.1, 0.15) is 12.0 Å². The number of aliphatic hydroxyl groups is 1. The maximum atomic E-state index is 12.1. The molecule has 0 aliphatic carbocycles. The summed E-state index contributed by atoms with van der Waals surface area (Å²) in [6.07, 6.45) is -1.84. The van der Waals surface area contributed by atoms with E-state index < -0.39 is 28.4 Å². The molecule has 1 fully saturated rings. The fourth-order valence-electron chi connectivity index (χ4n) is 2.29. The molecule has 21 heavy (non-hydrogen) atoms. The Balaban J connectivity index is 2.11. The van der Waals surface area contributed by atoms with Gasteiger partial charge in [-0.15, -0.1) is 0 Å². The Bertz CT molecular complexity index is 612. The van der Waals surface area contributed by atoms with Gasteiger partial charge in [0.2, 0.25) is 0 Å². The summed E-state index contributed by atoms with van der Waals surface area (Å²) in [6.45, 7) is 1.40. The summed E-state index contributed by atoms with van der Waals surface area (Å²) >= 11 is 0. The van der Waals surface area contributed by atoms with Gasteiger partial charge >= 0.3 is 6.09 Å². The summed E-state index contributed by atoms with van der Waals surface area (Å²) in [5.41, 5.74) is 0.923. The van der Waals surface area contributed by atoms with Gasteiger partial charge in [-0.05, 0) is 25.5 Å². The minimum Gasteiger partial charge on any atom is -0.465 e. The number of amides is 1. The first-order valence-electron chi connectivity index (χ1n) is 6.44. The van der Waals surface area contributed by atoms with E-state index in [4.69, 9.17) is 14.4 Å². The molecule has 116 valence electrons. The molecule has 8 heteroatoms. The molecular formula is C13H17NO6S. The molecule has 1 aromatic rings. The second kappa shape index (κ2) is 6.00. The van der Waals surface area contributed by atoms with Crippen LogP contribution >= 0.6 is 0 Å². The number of carboxylic acid groups (broad SMARTS) is 1. The number of rotatable bonds is 4. The lowest BCUT2D eigenvalue weighted by atomic mass is 10.2. The predicted molar refractivity (Wildman–Crippen MR) is 73.5 cm³/mol. The molecule has 1 aliphatic rings. The molecular weight excluding hydrogens is 298 g/mol. The normalized spacial score (nSPS) is 22.5. The molecule has 0 aromatic heterocycles. The lowest BCUT2D eigenvalue weighted by Gasteiger charge is -2.18. The van der Waals surface area contributed by atoms with Crippen molar-refractivity contribution in [2.24, 2.45) is 0 Å². The molecule has 1 heterocycles. The third kappa shape index (κ3) is 3.52. The minimum absolute atomic E-state index is 0.0300. The molecule has 1 aromatic carbocycles. The molecule has 2 N–H and O–H groups in total. The molecule has 0 bridgehead atoms. The summed E-state index contributed by atoms with van der Waals surface area (Å²) in [6, 6.07) is 5.56. The van der Waals surface area contributed by atoms with Crippen LogP contribution in [0.5, 0.6) is 0 Å². The highest BCUT2D eigenvalue weighted by molar-refractivity contribution is 7.86. The Kier molecular flexibility index (Phi) is 4.50. The van der Waals surface area contributed by atoms with Gasteiger partial charge in [0, 0.05) is 0 Å². The van der Waals surface area contributed by atoms with E-state index in [1.54, 1.807) is 12.1 Å². The minimum atomic E-state index is -3.94. The highest BCUT2D eigenvalue weighted by atomic mass is 32.2. The number of likely N-dealkylation sites (tertiary alicyclic amines) is 1. The second-order valence-corrected chi connectivity index (χ2v) is 6.56. The fraction of sp³-hybridized carbons (Fsp3) is 0.462. The summed E-state index contributed by atoms with van der Waals surface area (Å²) in [7, 11) is -3.94. The highest BCUT2D eigenvalue weighted by Gasteiger charge is 2.38. The van der Waals surface area contributed by atoms with Crippen molar-refractivity contribution in [2.75, 3.05) is 13.2 Å². The third-order valence-corrected chi connectivity index (χ3v) is 4.78. The lowest BCUT2D eigenvalue weighted by Crippen LogP contribution is -2.36. The van der Waals surface area contributed by atoms with Crippen LogP contribution in [0.4, 0.5) is 4.79 Å². The molecule has 2 atom stereocenters. The van der Waals surface area contributed by atoms with E-state index in [0.29, 0.717) is 0 Å². The number of aryl methyl sites for hydroxylation is 1. The Morgan fingerprint density at radius 3 is 2.48 bits per heavy atom. The van der Waals surface area contributed by atoms with Crippen molar-refractivity contribution < 1.29 is 27.6 Å². The van der Waals surface area contributed by atoms with Crippen LogP contribution < -0.4 is 0 Å². The Hall–Kier alpha value is -1.64. The number of benzene rings is 1. The molecule has 0 radical (unpaired) electrons. The zero-order valence-corrected chi connectivity index (χ0v) is 12.3. The topological polar surface area (TPSA) is 104 Å². The number of hydrogen-bond donors (Lipinski definition) is 2. The van der Waals surface area contributed by atoms with Gasteiger partial charge in [-0.3, -0.25) is 4.18 Å². The maximum absolute atomic E-state index is 12.1. The third-order valence-electron chi connectivity index (χ3n) is 3.40. The summed E-state index contributed by atoms with van der Waals surface area (Å²) in [4.78, 5) is 12.0. The van der Waals surface area contributed by atoms with E-state index in [1.165, 1.54) is 12.1 Å². The first-order chi connectivity index (χ1) is 9.83. The van der Waals surface area contributed by atoms with Crippen LogP contribution in [0.3, 0.4) is 0 Å². The summed E-state index contributed by atoms with van der Waals surface area (Å²) in [5, 5.41) is 18.1. The van der Waals surface area contributed by atoms with Crippen LogP contribution in [-0.4, -0.2) is 54.9 Å². The number of carbonyl (C=O) groups is 1. The van der Waals surface area contributed by atoms with E-state index in [2.05, 4.69) is 0 Å². The first-order valence-corrected chi connectivity index (χ1v) is 7.84. The lowest BCUT2D eigenvalue weighted by molar-refractivity contribution is 0.116. The van der Waals surface area contributed by atoms with Gasteiger partial charge in [-0.2, -0.15) is 8.42 Å². The van der Waals surface area contributed by atoms with Crippen molar-refractivity contribution in [1.82, 2.24) is 4.90 Å². The van der Waals surface area contributed by atoms with Crippen LogP contribution in [-0.2, 0) is 14.3 Å². The number of nitrogens with zero attached hydrogens (tertiary/aromatic N) is 1. The van der Waals surface area contributed by atoms with Crippen molar-refractivity contribution in [2.45, 2.75) is 30.4 Å². The first kappa shape index (κ1) is 15.7. The molecule has 7 nitrogen and oxygen atoms in total. The number of hydrogen-bond acceptors (Lipinski definition) is 5. The molecule has 1 saturated heterocycles. The van der Waals surface area contributed by atoms with Crippen LogP contribution in [0, 0.1) is 6.92 Å². The van der Waals surface area contributed by atoms with Gasteiger partial charge in [0.15, 0.2) is 0 Å². The average molecular weight is 315 g/mol. The standard InChI is InChI=1S/C13H17NO6S/c1-9-2-4-12(5-3-9)21(18,19)20-11-6-10(8-15)14(7-11)13(16)17/h2-5,10-11,15H,6-8H2,1H3,(H,16,17)/t10-,11+/m0/s1. The van der Waals surface area contributed by atoms with Gasteiger partial charge in [-0.25, -0.2) is 4.79 Å². The second-order valence-electron chi connectivity index (χ2n) is 4.99. The number of aliphatic hydroxyl groups excluding tert-OH is 1. The van der Waals surface area contributed by atoms with Gasteiger partial charge in [0.05, 0.1) is 30.2 Å². The van der Waals surface area contributed by atoms with Crippen molar-refractivity contribution in [1.29, 1.82) is 0 Å². The molecule has 1 amide bonds. The van der Waals surface area contributed by atoms with Gasteiger partial charge in [-0.1, -0.05) is 17.7 Å². The van der Waals surface area contributed by atoms with Gasteiger partial charge in [0.1, 0.15) is 0 Å². The van der Waals surface area contributed by atoms with Crippen molar-refractivity contribution in [3.63, 3.8) is 0 Å². The predicted octanol–water partition coefficient (Wildman–Crippen LogP) is 0.814. The Labute approximate surface area is 122 Å². The van der Waals surface area contributed by atoms with Gasteiger partial charge < -0.3 is 15.1 Å². The van der Waals surface area contributed by atoms with E-state index >= 15 is 0 Å². The van der Waals surface area contributed by atoms with Crippen molar-refractivity contribution in [3.05, 3.63) is 29.8 Å². The molecule has 0 saturated carbocycles. The molecule has 0 spiro atoms. The van der Waals surface area contributed by atoms with Crippen molar-refractivity contribution >= 4 is 16.2 Å². The van der Waals surface area contributed by atoms with E-state index in [0.717, 1.165) is 10.5 Å². The van der Waals surface area contributed by atoms with E-state index in [9.17, 15) is 13.2 Å².